The molecular weight excluding hydrogens is 362 g/mol. The number of piperazine rings is 1. The van der Waals surface area contributed by atoms with E-state index in [0.717, 1.165) is 43.3 Å². The molecular formula is C20H24ClN5O. The van der Waals surface area contributed by atoms with Crippen LogP contribution in [0.25, 0.3) is 0 Å². The number of carbonyl (C=O) groups excluding carboxylic acids is 1. The smallest absolute Gasteiger partial charge is 0.234 e. The number of amides is 1. The number of nitrogens with one attached hydrogen (secondary N) is 1. The number of carbonyl (C=O) groups is 1. The zero-order valence-corrected chi connectivity index (χ0v) is 16.0. The number of hydrogen-bond acceptors (Lipinski definition) is 5. The van der Waals surface area contributed by atoms with Gasteiger partial charge in [0.15, 0.2) is 5.82 Å². The van der Waals surface area contributed by atoms with Crippen LogP contribution in [-0.4, -0.2) is 53.7 Å². The van der Waals surface area contributed by atoms with Gasteiger partial charge in [-0.15, -0.1) is 5.10 Å². The maximum Gasteiger partial charge on any atom is 0.234 e. The first kappa shape index (κ1) is 18.2. The third-order valence-electron chi connectivity index (χ3n) is 5.16. The van der Waals surface area contributed by atoms with Crippen LogP contribution in [0.5, 0.6) is 0 Å². The minimum absolute atomic E-state index is 0.0250. The van der Waals surface area contributed by atoms with Crippen molar-refractivity contribution in [2.75, 3.05) is 37.6 Å². The number of aromatic nitrogens is 2. The molecule has 1 aromatic carbocycles. The summed E-state index contributed by atoms with van der Waals surface area (Å²) in [6, 6.07) is 11.8. The predicted octanol–water partition coefficient (Wildman–Crippen LogP) is 2.45. The van der Waals surface area contributed by atoms with Gasteiger partial charge in [-0.25, -0.2) is 0 Å². The van der Waals surface area contributed by atoms with Gasteiger partial charge in [-0.3, -0.25) is 9.69 Å². The third kappa shape index (κ3) is 4.76. The lowest BCUT2D eigenvalue weighted by atomic mass is 10.2. The minimum Gasteiger partial charge on any atom is -0.353 e. The van der Waals surface area contributed by atoms with Gasteiger partial charge in [0.25, 0.3) is 0 Å². The van der Waals surface area contributed by atoms with Crippen molar-refractivity contribution < 1.29 is 4.79 Å². The van der Waals surface area contributed by atoms with Crippen molar-refractivity contribution in [2.45, 2.75) is 25.3 Å². The van der Waals surface area contributed by atoms with Gasteiger partial charge in [-0.05, 0) is 36.6 Å². The number of hydrogen-bond donors (Lipinski definition) is 1. The molecule has 1 N–H and O–H groups in total. The van der Waals surface area contributed by atoms with Crippen LogP contribution in [0.4, 0.5) is 5.82 Å². The summed E-state index contributed by atoms with van der Waals surface area (Å²) in [7, 11) is 0. The van der Waals surface area contributed by atoms with Gasteiger partial charge in [-0.2, -0.15) is 5.10 Å². The topological polar surface area (TPSA) is 61.4 Å². The fraction of sp³-hybridized carbons (Fsp3) is 0.450. The Kier molecular flexibility index (Phi) is 5.55. The molecule has 27 heavy (non-hydrogen) atoms. The first-order chi connectivity index (χ1) is 13.2. The number of halogens is 1. The molecule has 0 atom stereocenters. The average molecular weight is 386 g/mol. The van der Waals surface area contributed by atoms with Crippen molar-refractivity contribution in [3.8, 4) is 0 Å². The fourth-order valence-corrected chi connectivity index (χ4v) is 3.53. The highest BCUT2D eigenvalue weighted by Crippen LogP contribution is 2.38. The summed E-state index contributed by atoms with van der Waals surface area (Å²) in [5.41, 5.74) is 2.05. The Balaban J connectivity index is 1.22. The van der Waals surface area contributed by atoms with Crippen molar-refractivity contribution in [3.63, 3.8) is 0 Å². The fourth-order valence-electron chi connectivity index (χ4n) is 3.33. The van der Waals surface area contributed by atoms with Gasteiger partial charge in [0.2, 0.25) is 5.91 Å². The normalized spacial score (nSPS) is 17.7. The van der Waals surface area contributed by atoms with E-state index in [1.54, 1.807) is 0 Å². The van der Waals surface area contributed by atoms with Crippen LogP contribution in [0.15, 0.2) is 36.4 Å². The van der Waals surface area contributed by atoms with Gasteiger partial charge >= 0.3 is 0 Å². The van der Waals surface area contributed by atoms with E-state index in [2.05, 4.69) is 37.4 Å². The summed E-state index contributed by atoms with van der Waals surface area (Å²) in [4.78, 5) is 16.6. The third-order valence-corrected chi connectivity index (χ3v) is 5.53. The SMILES string of the molecule is O=C(CN1CCN(c2ccc(C3CC3)nn2)CC1)NCc1ccccc1Cl. The van der Waals surface area contributed by atoms with Crippen LogP contribution in [0.3, 0.4) is 0 Å². The van der Waals surface area contributed by atoms with Crippen LogP contribution in [-0.2, 0) is 11.3 Å². The van der Waals surface area contributed by atoms with E-state index >= 15 is 0 Å². The van der Waals surface area contributed by atoms with E-state index in [1.807, 2.05) is 24.3 Å². The number of anilines is 1. The van der Waals surface area contributed by atoms with Gasteiger partial charge in [-0.1, -0.05) is 29.8 Å². The quantitative estimate of drug-likeness (QED) is 0.827. The largest absolute Gasteiger partial charge is 0.353 e. The molecule has 1 aliphatic carbocycles. The molecule has 0 spiro atoms. The zero-order valence-electron chi connectivity index (χ0n) is 15.3. The molecule has 0 bridgehead atoms. The molecule has 7 heteroatoms. The molecule has 2 heterocycles. The van der Waals surface area contributed by atoms with Gasteiger partial charge in [0.05, 0.1) is 12.2 Å². The summed E-state index contributed by atoms with van der Waals surface area (Å²) in [5.74, 6) is 1.59. The Labute approximate surface area is 164 Å². The van der Waals surface area contributed by atoms with E-state index in [9.17, 15) is 4.79 Å². The van der Waals surface area contributed by atoms with Gasteiger partial charge in [0, 0.05) is 43.7 Å². The van der Waals surface area contributed by atoms with Crippen LogP contribution in [0.1, 0.15) is 30.0 Å². The molecule has 6 nitrogen and oxygen atoms in total. The average Bonchev–Trinajstić information content (AvgIpc) is 3.54. The van der Waals surface area contributed by atoms with E-state index < -0.39 is 0 Å². The van der Waals surface area contributed by atoms with E-state index in [4.69, 9.17) is 11.6 Å². The number of nitrogens with zero attached hydrogens (tertiary/aromatic N) is 4. The molecule has 1 aromatic heterocycles. The van der Waals surface area contributed by atoms with Crippen molar-refractivity contribution in [2.24, 2.45) is 0 Å². The maximum atomic E-state index is 12.2. The molecule has 0 unspecified atom stereocenters. The lowest BCUT2D eigenvalue weighted by molar-refractivity contribution is -0.122. The van der Waals surface area contributed by atoms with Crippen molar-refractivity contribution in [1.29, 1.82) is 0 Å². The summed E-state index contributed by atoms with van der Waals surface area (Å²) in [5, 5.41) is 12.4. The van der Waals surface area contributed by atoms with Crippen molar-refractivity contribution >= 4 is 23.3 Å². The molecule has 4 rings (SSSR count). The Morgan fingerprint density at radius 2 is 1.85 bits per heavy atom. The summed E-state index contributed by atoms with van der Waals surface area (Å²) in [6.45, 7) is 4.26. The second-order valence-corrected chi connectivity index (χ2v) is 7.63. The van der Waals surface area contributed by atoms with Crippen molar-refractivity contribution in [3.05, 3.63) is 52.7 Å². The molecule has 1 aliphatic heterocycles. The highest BCUT2D eigenvalue weighted by molar-refractivity contribution is 6.31. The minimum atomic E-state index is 0.0250. The van der Waals surface area contributed by atoms with Gasteiger partial charge in [0.1, 0.15) is 0 Å². The van der Waals surface area contributed by atoms with Crippen molar-refractivity contribution in [1.82, 2.24) is 20.4 Å². The predicted molar refractivity (Wildman–Crippen MR) is 106 cm³/mol. The van der Waals surface area contributed by atoms with E-state index in [1.165, 1.54) is 12.8 Å². The molecule has 1 saturated carbocycles. The Morgan fingerprint density at radius 3 is 2.52 bits per heavy atom. The van der Waals surface area contributed by atoms with E-state index in [0.29, 0.717) is 24.0 Å². The molecule has 1 saturated heterocycles. The van der Waals surface area contributed by atoms with Crippen LogP contribution in [0.2, 0.25) is 5.02 Å². The van der Waals surface area contributed by atoms with Crippen LogP contribution >= 0.6 is 11.6 Å². The Morgan fingerprint density at radius 1 is 1.07 bits per heavy atom. The van der Waals surface area contributed by atoms with Gasteiger partial charge < -0.3 is 10.2 Å². The van der Waals surface area contributed by atoms with Crippen LogP contribution in [0, 0.1) is 0 Å². The molecule has 2 aliphatic rings. The molecule has 1 amide bonds. The summed E-state index contributed by atoms with van der Waals surface area (Å²) in [6.07, 6.45) is 2.48. The van der Waals surface area contributed by atoms with E-state index in [-0.39, 0.29) is 5.91 Å². The second kappa shape index (κ2) is 8.23. The first-order valence-corrected chi connectivity index (χ1v) is 9.88. The Bertz CT molecular complexity index is 785. The lowest BCUT2D eigenvalue weighted by Crippen LogP contribution is -2.49. The second-order valence-electron chi connectivity index (χ2n) is 7.22. The Hall–Kier alpha value is -2.18. The molecule has 142 valence electrons. The molecule has 2 aromatic rings. The molecule has 0 radical (unpaired) electrons. The summed E-state index contributed by atoms with van der Waals surface area (Å²) >= 11 is 6.13. The first-order valence-electron chi connectivity index (χ1n) is 9.50. The highest BCUT2D eigenvalue weighted by atomic mass is 35.5. The number of benzene rings is 1. The zero-order chi connectivity index (χ0) is 18.6. The molecule has 2 fully saturated rings. The monoisotopic (exact) mass is 385 g/mol. The number of rotatable bonds is 6. The summed E-state index contributed by atoms with van der Waals surface area (Å²) < 4.78 is 0. The maximum absolute atomic E-state index is 12.2. The van der Waals surface area contributed by atoms with Crippen LogP contribution < -0.4 is 10.2 Å². The highest BCUT2D eigenvalue weighted by Gasteiger charge is 2.26. The standard InChI is InChI=1S/C20H24ClN5O/c21-17-4-2-1-3-16(17)13-22-20(27)14-25-9-11-26(12-10-25)19-8-7-18(23-24-19)15-5-6-15/h1-4,7-8,15H,5-6,9-14H2,(H,22,27). The lowest BCUT2D eigenvalue weighted by Gasteiger charge is -2.34.